The molecule has 7 nitrogen and oxygen atoms in total. The van der Waals surface area contributed by atoms with Crippen molar-refractivity contribution in [2.45, 2.75) is 52.2 Å². The molecule has 3 aromatic rings. The molecule has 200 valence electrons. The van der Waals surface area contributed by atoms with Gasteiger partial charge in [-0.3, -0.25) is 9.59 Å². The summed E-state index contributed by atoms with van der Waals surface area (Å²) < 4.78 is 11.9. The number of rotatable bonds is 9. The molecule has 0 aliphatic carbocycles. The fourth-order valence-corrected chi connectivity index (χ4v) is 5.51. The number of benzene rings is 2. The van der Waals surface area contributed by atoms with Crippen LogP contribution in [0.15, 0.2) is 59.0 Å². The van der Waals surface area contributed by atoms with E-state index in [2.05, 4.69) is 41.4 Å². The number of likely N-dealkylation sites (tertiary alicyclic amines) is 1. The quantitative estimate of drug-likeness (QED) is 0.440. The van der Waals surface area contributed by atoms with Crippen LogP contribution in [0.1, 0.15) is 70.8 Å². The smallest absolute Gasteiger partial charge is 0.287 e. The first kappa shape index (κ1) is 26.0. The van der Waals surface area contributed by atoms with E-state index >= 15 is 0 Å². The maximum Gasteiger partial charge on any atom is 0.287 e. The van der Waals surface area contributed by atoms with Crippen molar-refractivity contribution < 1.29 is 18.7 Å². The Labute approximate surface area is 224 Å². The Morgan fingerprint density at radius 3 is 2.68 bits per heavy atom. The van der Waals surface area contributed by atoms with Crippen LogP contribution in [0.25, 0.3) is 0 Å². The lowest BCUT2D eigenvalue weighted by molar-refractivity contribution is -0.132. The number of hydrogen-bond donors (Lipinski definition) is 1. The third-order valence-corrected chi connectivity index (χ3v) is 7.51. The van der Waals surface area contributed by atoms with Gasteiger partial charge >= 0.3 is 0 Å². The fraction of sp³-hybridized carbons (Fsp3) is 0.419. The molecule has 3 heterocycles. The zero-order valence-corrected chi connectivity index (χ0v) is 22.4. The lowest BCUT2D eigenvalue weighted by Gasteiger charge is -2.38. The molecule has 1 saturated heterocycles. The number of carbonyl (C=O) groups excluding carboxylic acids is 2. The van der Waals surface area contributed by atoms with Gasteiger partial charge in [-0.25, -0.2) is 0 Å². The van der Waals surface area contributed by atoms with Crippen LogP contribution in [0.5, 0.6) is 5.75 Å². The van der Waals surface area contributed by atoms with Crippen molar-refractivity contribution in [3.63, 3.8) is 0 Å². The Kier molecular flexibility index (Phi) is 8.13. The van der Waals surface area contributed by atoms with E-state index in [1.807, 2.05) is 30.0 Å². The molecule has 0 saturated carbocycles. The van der Waals surface area contributed by atoms with E-state index < -0.39 is 0 Å². The first-order valence-corrected chi connectivity index (χ1v) is 13.7. The molecule has 5 rings (SSSR count). The van der Waals surface area contributed by atoms with Crippen LogP contribution in [0, 0.1) is 6.92 Å². The average Bonchev–Trinajstić information content (AvgIpc) is 3.63. The highest BCUT2D eigenvalue weighted by atomic mass is 16.5. The van der Waals surface area contributed by atoms with Crippen molar-refractivity contribution in [2.24, 2.45) is 0 Å². The van der Waals surface area contributed by atoms with Crippen LogP contribution < -0.4 is 10.1 Å². The molecule has 0 radical (unpaired) electrons. The zero-order chi connectivity index (χ0) is 26.5. The van der Waals surface area contributed by atoms with Crippen LogP contribution in [0.2, 0.25) is 0 Å². The molecule has 1 N–H and O–H groups in total. The van der Waals surface area contributed by atoms with Crippen LogP contribution >= 0.6 is 0 Å². The Hall–Kier alpha value is -3.58. The average molecular weight is 516 g/mol. The van der Waals surface area contributed by atoms with Gasteiger partial charge in [-0.2, -0.15) is 0 Å². The molecular formula is C31H37N3O4. The van der Waals surface area contributed by atoms with E-state index in [4.69, 9.17) is 9.15 Å². The van der Waals surface area contributed by atoms with E-state index in [0.717, 1.165) is 37.2 Å². The Morgan fingerprint density at radius 2 is 1.89 bits per heavy atom. The minimum atomic E-state index is -0.203. The molecule has 1 fully saturated rings. The minimum Gasteiger partial charge on any atom is -0.486 e. The number of ether oxygens (including phenoxy) is 1. The first-order chi connectivity index (χ1) is 18.5. The van der Waals surface area contributed by atoms with Crippen LogP contribution in [0.4, 0.5) is 0 Å². The number of furan rings is 1. The topological polar surface area (TPSA) is 75.0 Å². The molecule has 2 amide bonds. The van der Waals surface area contributed by atoms with E-state index in [1.165, 1.54) is 24.0 Å². The van der Waals surface area contributed by atoms with Crippen LogP contribution in [-0.2, 0) is 17.8 Å². The fourth-order valence-electron chi connectivity index (χ4n) is 5.51. The first-order valence-electron chi connectivity index (χ1n) is 13.7. The SMILES string of the molecule is CCC(=O)N1CCc2ccc(OCc3ccc(C(=O)NCCN4CCCC4)o3)cc2[C@H]1c1cccc(C)c1. The van der Waals surface area contributed by atoms with Crippen molar-refractivity contribution in [1.82, 2.24) is 15.1 Å². The van der Waals surface area contributed by atoms with E-state index in [9.17, 15) is 9.59 Å². The molecule has 1 atom stereocenters. The Balaban J connectivity index is 1.26. The normalized spacial score (nSPS) is 17.3. The minimum absolute atomic E-state index is 0.144. The van der Waals surface area contributed by atoms with Crippen LogP contribution in [-0.4, -0.2) is 54.3 Å². The summed E-state index contributed by atoms with van der Waals surface area (Å²) in [4.78, 5) is 29.7. The lowest BCUT2D eigenvalue weighted by Crippen LogP contribution is -2.40. The molecule has 2 aliphatic heterocycles. The predicted molar refractivity (Wildman–Crippen MR) is 146 cm³/mol. The third-order valence-electron chi connectivity index (χ3n) is 7.51. The van der Waals surface area contributed by atoms with Crippen molar-refractivity contribution in [1.29, 1.82) is 0 Å². The van der Waals surface area contributed by atoms with Gasteiger partial charge < -0.3 is 24.3 Å². The highest BCUT2D eigenvalue weighted by Crippen LogP contribution is 2.38. The van der Waals surface area contributed by atoms with Crippen LogP contribution in [0.3, 0.4) is 0 Å². The molecule has 0 spiro atoms. The van der Waals surface area contributed by atoms with Gasteiger partial charge in [-0.1, -0.05) is 42.8 Å². The number of nitrogens with one attached hydrogen (secondary N) is 1. The van der Waals surface area contributed by atoms with Gasteiger partial charge in [0.25, 0.3) is 5.91 Å². The van der Waals surface area contributed by atoms with Gasteiger partial charge in [-0.05, 0) is 80.2 Å². The maximum absolute atomic E-state index is 12.9. The standard InChI is InChI=1S/C31H37N3O4/c1-3-29(35)34-17-13-23-9-10-25(20-27(23)30(34)24-8-6-7-22(2)19-24)37-21-26-11-12-28(38-26)31(36)32-14-18-33-15-4-5-16-33/h6-12,19-20,30H,3-5,13-18,21H2,1-2H3,(H,32,36)/t30-/m1/s1. The largest absolute Gasteiger partial charge is 0.486 e. The molecule has 38 heavy (non-hydrogen) atoms. The molecular weight excluding hydrogens is 478 g/mol. The summed E-state index contributed by atoms with van der Waals surface area (Å²) >= 11 is 0. The van der Waals surface area contributed by atoms with E-state index in [1.54, 1.807) is 12.1 Å². The molecule has 0 bridgehead atoms. The second-order valence-electron chi connectivity index (χ2n) is 10.2. The summed E-state index contributed by atoms with van der Waals surface area (Å²) in [5, 5.41) is 2.94. The van der Waals surface area contributed by atoms with E-state index in [-0.39, 0.29) is 24.5 Å². The second-order valence-corrected chi connectivity index (χ2v) is 10.2. The van der Waals surface area contributed by atoms with Gasteiger partial charge in [-0.15, -0.1) is 0 Å². The number of nitrogens with zero attached hydrogens (tertiary/aromatic N) is 2. The predicted octanol–water partition coefficient (Wildman–Crippen LogP) is 4.88. The summed E-state index contributed by atoms with van der Waals surface area (Å²) in [6.45, 7) is 8.60. The number of aryl methyl sites for hydroxylation is 1. The number of fused-ring (bicyclic) bond motifs is 1. The van der Waals surface area contributed by atoms with Gasteiger partial charge in [0, 0.05) is 26.1 Å². The summed E-state index contributed by atoms with van der Waals surface area (Å²) in [5.41, 5.74) is 4.60. The zero-order valence-electron chi connectivity index (χ0n) is 22.4. The number of amides is 2. The summed E-state index contributed by atoms with van der Waals surface area (Å²) in [6.07, 6.45) is 3.77. The van der Waals surface area contributed by atoms with E-state index in [0.29, 0.717) is 36.8 Å². The number of hydrogen-bond acceptors (Lipinski definition) is 5. The summed E-state index contributed by atoms with van der Waals surface area (Å²) in [7, 11) is 0. The molecule has 1 aromatic heterocycles. The van der Waals surface area contributed by atoms with Gasteiger partial charge in [0.15, 0.2) is 5.76 Å². The van der Waals surface area contributed by atoms with Gasteiger partial charge in [0.1, 0.15) is 18.1 Å². The Morgan fingerprint density at radius 1 is 1.05 bits per heavy atom. The third kappa shape index (κ3) is 5.94. The second kappa shape index (κ2) is 11.9. The molecule has 7 heteroatoms. The van der Waals surface area contributed by atoms with Crippen molar-refractivity contribution in [3.05, 3.63) is 88.4 Å². The Bertz CT molecular complexity index is 1280. The highest BCUT2D eigenvalue weighted by molar-refractivity contribution is 5.91. The molecule has 2 aliphatic rings. The molecule has 0 unspecified atom stereocenters. The van der Waals surface area contributed by atoms with Gasteiger partial charge in [0.05, 0.1) is 6.04 Å². The van der Waals surface area contributed by atoms with Crippen molar-refractivity contribution in [3.8, 4) is 5.75 Å². The lowest BCUT2D eigenvalue weighted by atomic mass is 9.87. The van der Waals surface area contributed by atoms with Crippen molar-refractivity contribution >= 4 is 11.8 Å². The summed E-state index contributed by atoms with van der Waals surface area (Å²) in [5.74, 6) is 1.54. The van der Waals surface area contributed by atoms with Crippen molar-refractivity contribution in [2.75, 3.05) is 32.7 Å². The molecule has 2 aromatic carbocycles. The van der Waals surface area contributed by atoms with Gasteiger partial charge in [0.2, 0.25) is 5.91 Å². The number of carbonyl (C=O) groups is 2. The monoisotopic (exact) mass is 515 g/mol. The maximum atomic E-state index is 12.9. The summed E-state index contributed by atoms with van der Waals surface area (Å²) in [6, 6.07) is 17.8. The highest BCUT2D eigenvalue weighted by Gasteiger charge is 2.31.